The molecule has 4 heterocycles. The van der Waals surface area contributed by atoms with Crippen LogP contribution in [0, 0.1) is 5.41 Å². The summed E-state index contributed by atoms with van der Waals surface area (Å²) >= 11 is 0. The first kappa shape index (κ1) is 17.2. The second-order valence-electron chi connectivity index (χ2n) is 8.19. The zero-order valence-electron chi connectivity index (χ0n) is 15.8. The van der Waals surface area contributed by atoms with Crippen LogP contribution in [-0.4, -0.2) is 53.1 Å². The van der Waals surface area contributed by atoms with Crippen LogP contribution >= 0.6 is 0 Å². The molecule has 0 radical (unpaired) electrons. The monoisotopic (exact) mass is 370 g/mol. The molecule has 0 amide bonds. The van der Waals surface area contributed by atoms with Gasteiger partial charge in [0.1, 0.15) is 0 Å². The maximum Gasteiger partial charge on any atom is 0.366 e. The molecule has 0 spiro atoms. The van der Waals surface area contributed by atoms with Gasteiger partial charge in [-0.05, 0) is 30.9 Å². The van der Waals surface area contributed by atoms with E-state index >= 15 is 0 Å². The molecular formula is C21H26N2O4. The SMILES string of the molecule is CC[C@@]12C[C@@](O)(C(=O)OC)O[C@@H]1CCN1CCc3c([nH]c4ccccc34)[C@@H]12. The smallest absolute Gasteiger partial charge is 0.366 e. The number of aliphatic hydroxyl groups is 1. The zero-order chi connectivity index (χ0) is 18.8. The average molecular weight is 370 g/mol. The highest BCUT2D eigenvalue weighted by Gasteiger charge is 2.65. The van der Waals surface area contributed by atoms with Crippen molar-refractivity contribution in [3.63, 3.8) is 0 Å². The highest BCUT2D eigenvalue weighted by Crippen LogP contribution is 2.60. The summed E-state index contributed by atoms with van der Waals surface area (Å²) in [5, 5.41) is 12.2. The number of nitrogens with zero attached hydrogens (tertiary/aromatic N) is 1. The molecule has 0 unspecified atom stereocenters. The van der Waals surface area contributed by atoms with Gasteiger partial charge in [0.05, 0.1) is 19.3 Å². The van der Waals surface area contributed by atoms with Gasteiger partial charge in [-0.3, -0.25) is 4.90 Å². The van der Waals surface area contributed by atoms with Crippen molar-refractivity contribution in [1.29, 1.82) is 0 Å². The van der Waals surface area contributed by atoms with E-state index < -0.39 is 11.8 Å². The molecule has 6 heteroatoms. The van der Waals surface area contributed by atoms with Crippen molar-refractivity contribution in [2.24, 2.45) is 5.41 Å². The fourth-order valence-electron chi connectivity index (χ4n) is 5.86. The first-order valence-electron chi connectivity index (χ1n) is 9.84. The number of rotatable bonds is 2. The summed E-state index contributed by atoms with van der Waals surface area (Å²) in [5.41, 5.74) is 3.43. The van der Waals surface area contributed by atoms with Gasteiger partial charge < -0.3 is 19.6 Å². The molecule has 144 valence electrons. The highest BCUT2D eigenvalue weighted by molar-refractivity contribution is 5.85. The summed E-state index contributed by atoms with van der Waals surface area (Å²) in [7, 11) is 1.30. The molecule has 0 bridgehead atoms. The largest absolute Gasteiger partial charge is 0.465 e. The minimum atomic E-state index is -1.85. The number of carbonyl (C=O) groups is 1. The maximum atomic E-state index is 12.3. The van der Waals surface area contributed by atoms with Crippen LogP contribution in [0.25, 0.3) is 10.9 Å². The van der Waals surface area contributed by atoms with Crippen molar-refractivity contribution in [3.05, 3.63) is 35.5 Å². The first-order chi connectivity index (χ1) is 13.0. The number of hydrogen-bond donors (Lipinski definition) is 2. The molecule has 2 aromatic rings. The topological polar surface area (TPSA) is 74.8 Å². The van der Waals surface area contributed by atoms with Crippen LogP contribution in [0.4, 0.5) is 0 Å². The van der Waals surface area contributed by atoms with Crippen molar-refractivity contribution in [1.82, 2.24) is 9.88 Å². The van der Waals surface area contributed by atoms with E-state index in [4.69, 9.17) is 9.47 Å². The molecule has 2 fully saturated rings. The van der Waals surface area contributed by atoms with Crippen LogP contribution in [0.5, 0.6) is 0 Å². The molecule has 2 saturated heterocycles. The van der Waals surface area contributed by atoms with Gasteiger partial charge >= 0.3 is 5.97 Å². The molecule has 5 rings (SSSR count). The third-order valence-corrected chi connectivity index (χ3v) is 7.07. The van der Waals surface area contributed by atoms with Gasteiger partial charge in [0.25, 0.3) is 5.79 Å². The number of carbonyl (C=O) groups excluding carboxylic acids is 1. The third-order valence-electron chi connectivity index (χ3n) is 7.07. The number of para-hydroxylation sites is 1. The first-order valence-corrected chi connectivity index (χ1v) is 9.84. The van der Waals surface area contributed by atoms with Gasteiger partial charge in [-0.25, -0.2) is 4.79 Å². The summed E-state index contributed by atoms with van der Waals surface area (Å²) in [4.78, 5) is 18.4. The molecule has 1 aromatic heterocycles. The number of nitrogens with one attached hydrogen (secondary N) is 1. The van der Waals surface area contributed by atoms with Crippen molar-refractivity contribution < 1.29 is 19.4 Å². The molecule has 0 aliphatic carbocycles. The molecule has 27 heavy (non-hydrogen) atoms. The summed E-state index contributed by atoms with van der Waals surface area (Å²) in [5.74, 6) is -2.54. The van der Waals surface area contributed by atoms with Crippen LogP contribution in [0.15, 0.2) is 24.3 Å². The van der Waals surface area contributed by atoms with E-state index in [2.05, 4.69) is 41.1 Å². The molecular weight excluding hydrogens is 344 g/mol. The zero-order valence-corrected chi connectivity index (χ0v) is 15.8. The van der Waals surface area contributed by atoms with Crippen molar-refractivity contribution in [2.75, 3.05) is 20.2 Å². The van der Waals surface area contributed by atoms with Crippen LogP contribution < -0.4 is 0 Å². The minimum Gasteiger partial charge on any atom is -0.465 e. The molecule has 3 aliphatic heterocycles. The summed E-state index contributed by atoms with van der Waals surface area (Å²) < 4.78 is 10.8. The number of fused-ring (bicyclic) bond motifs is 7. The van der Waals surface area contributed by atoms with E-state index in [1.165, 1.54) is 23.8 Å². The molecule has 0 saturated carbocycles. The van der Waals surface area contributed by atoms with Crippen LogP contribution in [0.2, 0.25) is 0 Å². The Bertz CT molecular complexity index is 909. The minimum absolute atomic E-state index is 0.107. The Morgan fingerprint density at radius 2 is 2.22 bits per heavy atom. The Morgan fingerprint density at radius 3 is 3.00 bits per heavy atom. The number of aromatic amines is 1. The van der Waals surface area contributed by atoms with Crippen LogP contribution in [0.1, 0.15) is 43.5 Å². The van der Waals surface area contributed by atoms with Gasteiger partial charge in [-0.1, -0.05) is 25.1 Å². The molecule has 2 N–H and O–H groups in total. The quantitative estimate of drug-likeness (QED) is 0.795. The number of esters is 1. The van der Waals surface area contributed by atoms with E-state index in [1.54, 1.807) is 0 Å². The number of methoxy groups -OCH3 is 1. The lowest BCUT2D eigenvalue weighted by atomic mass is 9.64. The summed E-state index contributed by atoms with van der Waals surface area (Å²) in [6.07, 6.45) is 2.77. The second kappa shape index (κ2) is 5.80. The third kappa shape index (κ3) is 2.21. The lowest BCUT2D eigenvalue weighted by Crippen LogP contribution is -2.54. The van der Waals surface area contributed by atoms with E-state index in [0.717, 1.165) is 37.9 Å². The Balaban J connectivity index is 1.66. The Hall–Kier alpha value is -1.89. The second-order valence-corrected chi connectivity index (χ2v) is 8.19. The Kier molecular flexibility index (Phi) is 3.70. The number of ether oxygens (including phenoxy) is 2. The fourth-order valence-corrected chi connectivity index (χ4v) is 5.86. The van der Waals surface area contributed by atoms with Crippen molar-refractivity contribution in [3.8, 4) is 0 Å². The van der Waals surface area contributed by atoms with Gasteiger partial charge in [0.15, 0.2) is 0 Å². The van der Waals surface area contributed by atoms with E-state index in [0.29, 0.717) is 0 Å². The standard InChI is InChI=1S/C21H26N2O4/c1-3-20-12-21(25,19(24)26-2)27-16(20)9-11-23-10-8-14-13-6-4-5-7-15(13)22-17(14)18(20)23/h4-7,16,18,22,25H,3,8-12H2,1-2H3/t16-,18-,20-,21+/m1/s1. The van der Waals surface area contributed by atoms with Crippen LogP contribution in [0.3, 0.4) is 0 Å². The lowest BCUT2D eigenvalue weighted by molar-refractivity contribution is -0.222. The summed E-state index contributed by atoms with van der Waals surface area (Å²) in [6.45, 7) is 4.04. The van der Waals surface area contributed by atoms with Crippen molar-refractivity contribution in [2.45, 2.75) is 50.5 Å². The molecule has 6 nitrogen and oxygen atoms in total. The number of H-pyrrole nitrogens is 1. The average Bonchev–Trinajstić information content (AvgIpc) is 3.22. The number of hydrogen-bond acceptors (Lipinski definition) is 5. The number of piperidine rings is 1. The van der Waals surface area contributed by atoms with Gasteiger partial charge in [0.2, 0.25) is 0 Å². The maximum absolute atomic E-state index is 12.3. The normalized spacial score (nSPS) is 35.5. The number of benzene rings is 1. The van der Waals surface area contributed by atoms with E-state index in [-0.39, 0.29) is 24.0 Å². The lowest BCUT2D eigenvalue weighted by Gasteiger charge is -2.52. The molecule has 1 aromatic carbocycles. The van der Waals surface area contributed by atoms with Crippen LogP contribution in [-0.2, 0) is 20.7 Å². The molecule has 3 aliphatic rings. The van der Waals surface area contributed by atoms with E-state index in [1.807, 2.05) is 0 Å². The van der Waals surface area contributed by atoms with E-state index in [9.17, 15) is 9.90 Å². The fraction of sp³-hybridized carbons (Fsp3) is 0.571. The summed E-state index contributed by atoms with van der Waals surface area (Å²) in [6, 6.07) is 8.53. The van der Waals surface area contributed by atoms with Crippen molar-refractivity contribution >= 4 is 16.9 Å². The number of aromatic nitrogens is 1. The molecule has 4 atom stereocenters. The Morgan fingerprint density at radius 1 is 1.41 bits per heavy atom. The van der Waals surface area contributed by atoms with Gasteiger partial charge in [0, 0.05) is 41.5 Å². The predicted molar refractivity (Wildman–Crippen MR) is 100 cm³/mol. The van der Waals surface area contributed by atoms with Gasteiger partial charge in [-0.15, -0.1) is 0 Å². The predicted octanol–water partition coefficient (Wildman–Crippen LogP) is 2.52. The van der Waals surface area contributed by atoms with Gasteiger partial charge in [-0.2, -0.15) is 0 Å². The Labute approximate surface area is 158 Å². The highest BCUT2D eigenvalue weighted by atomic mass is 16.7.